The molecule has 1 aliphatic heterocycles. The van der Waals surface area contributed by atoms with Crippen LogP contribution < -0.4 is 5.32 Å². The van der Waals surface area contributed by atoms with Gasteiger partial charge in [0, 0.05) is 19.1 Å². The van der Waals surface area contributed by atoms with Crippen molar-refractivity contribution in [1.82, 2.24) is 10.2 Å². The van der Waals surface area contributed by atoms with E-state index in [-0.39, 0.29) is 0 Å². The summed E-state index contributed by atoms with van der Waals surface area (Å²) in [5.74, 6) is 0. The van der Waals surface area contributed by atoms with E-state index in [0.29, 0.717) is 0 Å². The lowest BCUT2D eigenvalue weighted by molar-refractivity contribution is 0.260. The third-order valence-corrected chi connectivity index (χ3v) is 3.25. The molecule has 0 aromatic heterocycles. The van der Waals surface area contributed by atoms with Crippen LogP contribution in [-0.2, 0) is 6.42 Å². The van der Waals surface area contributed by atoms with Crippen molar-refractivity contribution in [2.75, 3.05) is 26.7 Å². The highest BCUT2D eigenvalue weighted by molar-refractivity contribution is 5.14. The molecule has 1 aliphatic rings. The van der Waals surface area contributed by atoms with Crippen LogP contribution in [0.25, 0.3) is 0 Å². The second-order valence-corrected chi connectivity index (χ2v) is 4.36. The lowest BCUT2D eigenvalue weighted by Gasteiger charge is -2.23. The molecule has 2 heteroatoms. The van der Waals surface area contributed by atoms with E-state index in [1.165, 1.54) is 18.5 Å². The monoisotopic (exact) mass is 204 g/mol. The molecule has 2 nitrogen and oxygen atoms in total. The highest BCUT2D eigenvalue weighted by Gasteiger charge is 2.18. The van der Waals surface area contributed by atoms with Crippen LogP contribution in [0.4, 0.5) is 0 Å². The Kier molecular flexibility index (Phi) is 3.75. The van der Waals surface area contributed by atoms with Crippen molar-refractivity contribution >= 4 is 0 Å². The zero-order chi connectivity index (χ0) is 10.5. The Balaban J connectivity index is 1.77. The van der Waals surface area contributed by atoms with Crippen LogP contribution >= 0.6 is 0 Å². The first-order valence-electron chi connectivity index (χ1n) is 5.81. The van der Waals surface area contributed by atoms with Gasteiger partial charge in [0.1, 0.15) is 0 Å². The molecular formula is C13H20N2. The fourth-order valence-electron chi connectivity index (χ4n) is 2.15. The highest BCUT2D eigenvalue weighted by atomic mass is 15.2. The molecule has 1 saturated heterocycles. The summed E-state index contributed by atoms with van der Waals surface area (Å²) in [6.45, 7) is 3.50. The maximum Gasteiger partial charge on any atom is 0.0229 e. The molecule has 1 aromatic carbocycles. The molecule has 0 unspecified atom stereocenters. The molecule has 82 valence electrons. The maximum absolute atomic E-state index is 3.41. The lowest BCUT2D eigenvalue weighted by Crippen LogP contribution is -2.34. The highest BCUT2D eigenvalue weighted by Crippen LogP contribution is 2.07. The van der Waals surface area contributed by atoms with Gasteiger partial charge in [-0.05, 0) is 32.0 Å². The minimum Gasteiger partial charge on any atom is -0.315 e. The average molecular weight is 204 g/mol. The minimum atomic E-state index is 0.744. The molecule has 0 aliphatic carbocycles. The third kappa shape index (κ3) is 3.05. The Bertz CT molecular complexity index is 278. The second kappa shape index (κ2) is 5.29. The van der Waals surface area contributed by atoms with Crippen molar-refractivity contribution < 1.29 is 0 Å². The smallest absolute Gasteiger partial charge is 0.0229 e. The molecule has 1 heterocycles. The number of hydrogen-bond acceptors (Lipinski definition) is 2. The van der Waals surface area contributed by atoms with Gasteiger partial charge in [-0.15, -0.1) is 0 Å². The van der Waals surface area contributed by atoms with Crippen molar-refractivity contribution in [1.29, 1.82) is 0 Å². The maximum atomic E-state index is 3.41. The van der Waals surface area contributed by atoms with Gasteiger partial charge in [-0.2, -0.15) is 0 Å². The summed E-state index contributed by atoms with van der Waals surface area (Å²) in [6.07, 6.45) is 2.46. The summed E-state index contributed by atoms with van der Waals surface area (Å²) in [5.41, 5.74) is 1.44. The molecule has 2 rings (SSSR count). The lowest BCUT2D eigenvalue weighted by atomic mass is 10.1. The van der Waals surface area contributed by atoms with E-state index in [0.717, 1.165) is 25.6 Å². The van der Waals surface area contributed by atoms with Gasteiger partial charge in [0.15, 0.2) is 0 Å². The normalized spacial score (nSPS) is 21.1. The van der Waals surface area contributed by atoms with Gasteiger partial charge in [-0.1, -0.05) is 30.3 Å². The van der Waals surface area contributed by atoms with Gasteiger partial charge in [-0.25, -0.2) is 0 Å². The summed E-state index contributed by atoms with van der Waals surface area (Å²) in [4.78, 5) is 2.48. The zero-order valence-corrected chi connectivity index (χ0v) is 9.45. The number of nitrogens with zero attached hydrogens (tertiary/aromatic N) is 1. The van der Waals surface area contributed by atoms with Crippen molar-refractivity contribution in [3.05, 3.63) is 35.9 Å². The summed E-state index contributed by atoms with van der Waals surface area (Å²) >= 11 is 0. The first-order chi connectivity index (χ1) is 7.36. The van der Waals surface area contributed by atoms with Crippen molar-refractivity contribution in [2.24, 2.45) is 0 Å². The standard InChI is InChI=1S/C13H20N2/c1-15(13-7-9-14-11-13)10-8-12-5-3-2-4-6-12/h2-6,13-14H,7-11H2,1H3/t13-/m1/s1. The molecular weight excluding hydrogens is 184 g/mol. The molecule has 0 bridgehead atoms. The van der Waals surface area contributed by atoms with E-state index in [1.807, 2.05) is 0 Å². The van der Waals surface area contributed by atoms with Gasteiger partial charge in [-0.3, -0.25) is 0 Å². The molecule has 0 radical (unpaired) electrons. The molecule has 15 heavy (non-hydrogen) atoms. The fourth-order valence-corrected chi connectivity index (χ4v) is 2.15. The Morgan fingerprint density at radius 3 is 2.80 bits per heavy atom. The molecule has 0 spiro atoms. The van der Waals surface area contributed by atoms with Gasteiger partial charge in [0.25, 0.3) is 0 Å². The van der Waals surface area contributed by atoms with Crippen LogP contribution in [0.3, 0.4) is 0 Å². The van der Waals surface area contributed by atoms with E-state index in [2.05, 4.69) is 47.6 Å². The largest absolute Gasteiger partial charge is 0.315 e. The van der Waals surface area contributed by atoms with Crippen LogP contribution in [0.1, 0.15) is 12.0 Å². The molecule has 0 saturated carbocycles. The van der Waals surface area contributed by atoms with E-state index < -0.39 is 0 Å². The SMILES string of the molecule is CN(CCc1ccccc1)[C@@H]1CCNC1. The Morgan fingerprint density at radius 2 is 2.13 bits per heavy atom. The van der Waals surface area contributed by atoms with Gasteiger partial charge in [0.05, 0.1) is 0 Å². The number of hydrogen-bond donors (Lipinski definition) is 1. The van der Waals surface area contributed by atoms with Gasteiger partial charge < -0.3 is 10.2 Å². The third-order valence-electron chi connectivity index (χ3n) is 3.25. The first-order valence-corrected chi connectivity index (χ1v) is 5.81. The molecule has 0 amide bonds. The summed E-state index contributed by atoms with van der Waals surface area (Å²) in [7, 11) is 2.24. The van der Waals surface area contributed by atoms with Crippen molar-refractivity contribution in [2.45, 2.75) is 18.9 Å². The Morgan fingerprint density at radius 1 is 1.33 bits per heavy atom. The molecule has 1 fully saturated rings. The predicted octanol–water partition coefficient (Wildman–Crippen LogP) is 1.52. The predicted molar refractivity (Wildman–Crippen MR) is 64.1 cm³/mol. The zero-order valence-electron chi connectivity index (χ0n) is 9.45. The summed E-state index contributed by atoms with van der Waals surface area (Å²) in [6, 6.07) is 11.5. The number of nitrogens with one attached hydrogen (secondary N) is 1. The van der Waals surface area contributed by atoms with Gasteiger partial charge >= 0.3 is 0 Å². The van der Waals surface area contributed by atoms with Crippen LogP contribution in [0.5, 0.6) is 0 Å². The molecule has 1 atom stereocenters. The van der Waals surface area contributed by atoms with Crippen LogP contribution in [0.15, 0.2) is 30.3 Å². The molecule has 1 aromatic rings. The number of benzene rings is 1. The fraction of sp³-hybridized carbons (Fsp3) is 0.538. The Hall–Kier alpha value is -0.860. The molecule has 1 N–H and O–H groups in total. The minimum absolute atomic E-state index is 0.744. The van der Waals surface area contributed by atoms with Crippen LogP contribution in [-0.4, -0.2) is 37.6 Å². The van der Waals surface area contributed by atoms with Crippen molar-refractivity contribution in [3.63, 3.8) is 0 Å². The van der Waals surface area contributed by atoms with E-state index >= 15 is 0 Å². The number of rotatable bonds is 4. The van der Waals surface area contributed by atoms with Gasteiger partial charge in [0.2, 0.25) is 0 Å². The second-order valence-electron chi connectivity index (χ2n) is 4.36. The van der Waals surface area contributed by atoms with E-state index in [4.69, 9.17) is 0 Å². The Labute approximate surface area is 92.3 Å². The topological polar surface area (TPSA) is 15.3 Å². The van der Waals surface area contributed by atoms with E-state index in [1.54, 1.807) is 0 Å². The number of likely N-dealkylation sites (N-methyl/N-ethyl adjacent to an activating group) is 1. The van der Waals surface area contributed by atoms with Crippen LogP contribution in [0.2, 0.25) is 0 Å². The summed E-state index contributed by atoms with van der Waals surface area (Å²) < 4.78 is 0. The van der Waals surface area contributed by atoms with E-state index in [9.17, 15) is 0 Å². The van der Waals surface area contributed by atoms with Crippen LogP contribution in [0, 0.1) is 0 Å². The first kappa shape index (κ1) is 10.7. The average Bonchev–Trinajstić information content (AvgIpc) is 2.81. The quantitative estimate of drug-likeness (QED) is 0.800. The summed E-state index contributed by atoms with van der Waals surface area (Å²) in [5, 5.41) is 3.41. The van der Waals surface area contributed by atoms with Crippen molar-refractivity contribution in [3.8, 4) is 0 Å².